The van der Waals surface area contributed by atoms with E-state index in [9.17, 15) is 0 Å². The first-order valence-electron chi connectivity index (χ1n) is 24.2. The smallest absolute Gasteiger partial charge is 0.342 e. The molecule has 13 rings (SSSR count). The van der Waals surface area contributed by atoms with Crippen molar-refractivity contribution in [1.82, 2.24) is 0 Å². The fraction of sp³-hybridized carbons (Fsp3) is 0.194. The molecule has 6 nitrogen and oxygen atoms in total. The fourth-order valence-corrected chi connectivity index (χ4v) is 10.7. The molecule has 69 heavy (non-hydrogen) atoms. The van der Waals surface area contributed by atoms with Gasteiger partial charge in [-0.3, -0.25) is 0 Å². The van der Waals surface area contributed by atoms with E-state index in [-0.39, 0.29) is 23.0 Å². The van der Waals surface area contributed by atoms with Crippen molar-refractivity contribution in [2.24, 2.45) is 0 Å². The molecule has 0 atom stereocenters. The molecule has 7 heteroatoms. The Morgan fingerprint density at radius 3 is 1.23 bits per heavy atom. The maximum atomic E-state index is 7.34. The minimum absolute atomic E-state index is 0.0948. The zero-order valence-electron chi connectivity index (χ0n) is 40.6. The van der Waals surface area contributed by atoms with E-state index in [1.54, 1.807) is 0 Å². The third kappa shape index (κ3) is 6.46. The van der Waals surface area contributed by atoms with Gasteiger partial charge in [-0.1, -0.05) is 135 Å². The molecule has 0 unspecified atom stereocenters. The number of fused-ring (bicyclic) bond motifs is 10. The topological polar surface area (TPSA) is 59.0 Å². The quantitative estimate of drug-likeness (QED) is 0.164. The van der Waals surface area contributed by atoms with E-state index in [1.165, 1.54) is 16.7 Å². The summed E-state index contributed by atoms with van der Waals surface area (Å²) in [6, 6.07) is 56.6. The van der Waals surface area contributed by atoms with Gasteiger partial charge in [0.15, 0.2) is 0 Å². The van der Waals surface area contributed by atoms with Gasteiger partial charge in [0.2, 0.25) is 0 Å². The highest BCUT2D eigenvalue weighted by Gasteiger charge is 2.50. The maximum absolute atomic E-state index is 7.34. The summed E-state index contributed by atoms with van der Waals surface area (Å²) >= 11 is 0. The number of anilines is 6. The first kappa shape index (κ1) is 41.5. The van der Waals surface area contributed by atoms with E-state index >= 15 is 0 Å². The third-order valence-electron chi connectivity index (χ3n) is 14.5. The van der Waals surface area contributed by atoms with Crippen LogP contribution in [0.1, 0.15) is 79.0 Å². The summed E-state index contributed by atoms with van der Waals surface area (Å²) < 4.78 is 27.7. The zero-order chi connectivity index (χ0) is 47.3. The Morgan fingerprint density at radius 1 is 0.377 bits per heavy atom. The normalized spacial score (nSPS) is 13.8. The van der Waals surface area contributed by atoms with Gasteiger partial charge in [0, 0.05) is 55.4 Å². The average Bonchev–Trinajstić information content (AvgIpc) is 4.13. The second kappa shape index (κ2) is 14.4. The Hall–Kier alpha value is -7.64. The number of para-hydroxylation sites is 2. The second-order valence-corrected chi connectivity index (χ2v) is 22.2. The van der Waals surface area contributed by atoms with Crippen LogP contribution in [0, 0.1) is 0 Å². The van der Waals surface area contributed by atoms with E-state index in [1.807, 2.05) is 24.3 Å². The molecule has 6 heterocycles. The molecule has 0 bridgehead atoms. The molecule has 0 N–H and O–H groups in total. The van der Waals surface area contributed by atoms with Gasteiger partial charge < -0.3 is 27.5 Å². The van der Waals surface area contributed by atoms with E-state index in [0.29, 0.717) is 0 Å². The van der Waals surface area contributed by atoms with Crippen LogP contribution in [0.2, 0.25) is 0 Å². The predicted octanol–water partition coefficient (Wildman–Crippen LogP) is 16.0. The number of rotatable bonds is 4. The van der Waals surface area contributed by atoms with Crippen LogP contribution in [-0.2, 0) is 16.2 Å². The van der Waals surface area contributed by atoms with Crippen LogP contribution in [0.3, 0.4) is 0 Å². The van der Waals surface area contributed by atoms with Crippen LogP contribution in [0.4, 0.5) is 34.1 Å². The number of benzene rings is 7. The molecule has 0 fully saturated rings. The number of nitrogens with zero attached hydrogens (tertiary/aromatic N) is 2. The van der Waals surface area contributed by atoms with Crippen molar-refractivity contribution in [2.45, 2.75) is 78.6 Å². The summed E-state index contributed by atoms with van der Waals surface area (Å²) in [5, 5.41) is 4.27. The minimum atomic E-state index is -0.366. The summed E-state index contributed by atoms with van der Waals surface area (Å²) in [6.45, 7) is 20.2. The Balaban J connectivity index is 1.14. The van der Waals surface area contributed by atoms with Gasteiger partial charge in [0.1, 0.15) is 45.2 Å². The largest absolute Gasteiger partial charge is 0.468 e. The first-order chi connectivity index (χ1) is 33.1. The van der Waals surface area contributed by atoms with E-state index in [4.69, 9.17) is 17.7 Å². The molecule has 0 aliphatic carbocycles. The molecule has 338 valence electrons. The summed E-state index contributed by atoms with van der Waals surface area (Å²) in [5.74, 6) is 1.64. The van der Waals surface area contributed by atoms with Gasteiger partial charge in [0.05, 0.1) is 11.4 Å². The predicted molar refractivity (Wildman–Crippen MR) is 287 cm³/mol. The van der Waals surface area contributed by atoms with Gasteiger partial charge in [-0.2, -0.15) is 0 Å². The van der Waals surface area contributed by atoms with Gasteiger partial charge >= 0.3 is 6.71 Å². The van der Waals surface area contributed by atoms with Crippen molar-refractivity contribution in [3.05, 3.63) is 174 Å². The molecule has 0 radical (unpaired) electrons. The fourth-order valence-electron chi connectivity index (χ4n) is 10.7. The Labute approximate surface area is 402 Å². The van der Waals surface area contributed by atoms with Gasteiger partial charge in [-0.25, -0.2) is 0 Å². The molecular formula is C62H53BN2O4. The molecule has 2 aliphatic rings. The summed E-state index contributed by atoms with van der Waals surface area (Å²) in [6.07, 6.45) is 0. The van der Waals surface area contributed by atoms with E-state index < -0.39 is 0 Å². The lowest BCUT2D eigenvalue weighted by Crippen LogP contribution is -2.60. The van der Waals surface area contributed by atoms with E-state index in [2.05, 4.69) is 206 Å². The first-order valence-corrected chi connectivity index (χ1v) is 24.2. The molecule has 4 aromatic heterocycles. The van der Waals surface area contributed by atoms with Crippen LogP contribution in [0.15, 0.2) is 175 Å². The number of hydrogen-bond donors (Lipinski definition) is 0. The van der Waals surface area contributed by atoms with Crippen LogP contribution in [-0.4, -0.2) is 6.71 Å². The Morgan fingerprint density at radius 2 is 0.812 bits per heavy atom. The molecular weight excluding hydrogens is 848 g/mol. The average molecular weight is 901 g/mol. The Bertz CT molecular complexity index is 3590. The molecule has 0 saturated heterocycles. The van der Waals surface area contributed by atoms with Crippen LogP contribution in [0.5, 0.6) is 0 Å². The van der Waals surface area contributed by atoms with Gasteiger partial charge in [-0.05, 0) is 123 Å². The van der Waals surface area contributed by atoms with Crippen molar-refractivity contribution >= 4 is 101 Å². The second-order valence-electron chi connectivity index (χ2n) is 22.2. The lowest BCUT2D eigenvalue weighted by Gasteiger charge is -2.42. The van der Waals surface area contributed by atoms with Crippen molar-refractivity contribution in [2.75, 3.05) is 9.80 Å². The molecule has 0 saturated carbocycles. The zero-order valence-corrected chi connectivity index (χ0v) is 40.6. The van der Waals surface area contributed by atoms with Crippen LogP contribution >= 0.6 is 0 Å². The lowest BCUT2D eigenvalue weighted by molar-refractivity contribution is 0.590. The monoisotopic (exact) mass is 900 g/mol. The highest BCUT2D eigenvalue weighted by atomic mass is 16.4. The molecule has 7 aromatic carbocycles. The SMILES string of the molecule is CC(C)(C)c1cc2c3c(c1)N(c1cccc(-c4cc5ccccc5o4)c1)c1c(oc4ccc(C(C)(C)C)cc14)B3c1oc3ccc(C(C)(C)C)cc3c1N2c1cccc(-c2cc3ccccc3o2)c1. The molecule has 11 aromatic rings. The maximum Gasteiger partial charge on any atom is 0.342 e. The van der Waals surface area contributed by atoms with Gasteiger partial charge in [0.25, 0.3) is 0 Å². The lowest BCUT2D eigenvalue weighted by atomic mass is 9.37. The van der Waals surface area contributed by atoms with Crippen LogP contribution in [0.25, 0.3) is 66.5 Å². The van der Waals surface area contributed by atoms with E-state index in [0.717, 1.165) is 117 Å². The minimum Gasteiger partial charge on any atom is -0.468 e. The third-order valence-corrected chi connectivity index (χ3v) is 14.5. The summed E-state index contributed by atoms with van der Waals surface area (Å²) in [4.78, 5) is 4.91. The van der Waals surface area contributed by atoms with Gasteiger partial charge in [-0.15, -0.1) is 0 Å². The van der Waals surface area contributed by atoms with Crippen molar-refractivity contribution < 1.29 is 17.7 Å². The standard InChI is InChI=1S/C62H53BN2O4/c1-60(2,3)40-24-26-51-45(32-40)56-58(68-51)63-55-47(64(56)43-20-14-18-36(28-43)53-30-38-16-10-12-22-49(38)66-53)34-42(62(7,8)9)35-48(55)65(57-46-33-41(61(4,5)6)25-27-52(46)69-59(57)63)44-21-15-19-37(29-44)54-31-39-17-11-13-23-50(39)67-54/h10-35H,1-9H3. The van der Waals surface area contributed by atoms with Crippen molar-refractivity contribution in [1.29, 1.82) is 0 Å². The summed E-state index contributed by atoms with van der Waals surface area (Å²) in [5.41, 5.74) is 17.7. The molecule has 2 aliphatic heterocycles. The highest BCUT2D eigenvalue weighted by molar-refractivity contribution is 6.99. The summed E-state index contributed by atoms with van der Waals surface area (Å²) in [7, 11) is 0. The molecule has 0 amide bonds. The highest BCUT2D eigenvalue weighted by Crippen LogP contribution is 2.51. The van der Waals surface area contributed by atoms with Crippen LogP contribution < -0.4 is 26.6 Å². The number of furan rings is 4. The molecule has 0 spiro atoms. The van der Waals surface area contributed by atoms with Crippen molar-refractivity contribution in [3.8, 4) is 22.6 Å². The van der Waals surface area contributed by atoms with Crippen molar-refractivity contribution in [3.63, 3.8) is 0 Å². The number of hydrogen-bond acceptors (Lipinski definition) is 6. The Kier molecular flexibility index (Phi) is 8.70.